The predicted molar refractivity (Wildman–Crippen MR) is 36.0 cm³/mol. The lowest BCUT2D eigenvalue weighted by atomic mass is 10.2. The van der Waals surface area contributed by atoms with Crippen molar-refractivity contribution in [2.75, 3.05) is 13.2 Å². The Bertz CT molecular complexity index is 99.0. The van der Waals surface area contributed by atoms with Crippen molar-refractivity contribution in [3.05, 3.63) is 0 Å². The van der Waals surface area contributed by atoms with Crippen molar-refractivity contribution in [3.8, 4) is 0 Å². The molecule has 0 N–H and O–H groups in total. The fourth-order valence-electron chi connectivity index (χ4n) is 0.398. The highest BCUT2D eigenvalue weighted by Crippen LogP contribution is 1.95. The molecule has 3 heteroatoms. The summed E-state index contributed by atoms with van der Waals surface area (Å²) in [6.07, 6.45) is 0.415. The summed E-state index contributed by atoms with van der Waals surface area (Å²) in [6.45, 7) is 3.62. The molecule has 0 heterocycles. The van der Waals surface area contributed by atoms with Gasteiger partial charge >= 0.3 is 5.97 Å². The highest BCUT2D eigenvalue weighted by Gasteiger charge is 2.06. The minimum atomic E-state index is -0.228. The predicted octanol–water partition coefficient (Wildman–Crippen LogP) is 1.01. The first-order chi connectivity index (χ1) is 4.68. The molecule has 0 aliphatic heterocycles. The number of hydrogen-bond acceptors (Lipinski definition) is 2. The molecule has 59 valence electrons. The van der Waals surface area contributed by atoms with Crippen LogP contribution in [-0.4, -0.2) is 19.2 Å². The van der Waals surface area contributed by atoms with Crippen LogP contribution < -0.4 is 0 Å². The van der Waals surface area contributed by atoms with Crippen LogP contribution in [0.3, 0.4) is 0 Å². The summed E-state index contributed by atoms with van der Waals surface area (Å²) in [4.78, 5) is 10.7. The Balaban J connectivity index is 3.22. The number of rotatable bonds is 4. The number of hydrogen-bond donors (Lipinski definition) is 0. The second-order valence-electron chi connectivity index (χ2n) is 2.38. The minimum Gasteiger partial charge on any atom is -0.465 e. The van der Waals surface area contributed by atoms with Gasteiger partial charge in [-0.05, 0) is 0 Å². The highest BCUT2D eigenvalue weighted by molar-refractivity contribution is 5.71. The van der Waals surface area contributed by atoms with Crippen LogP contribution in [0.15, 0.2) is 0 Å². The van der Waals surface area contributed by atoms with E-state index in [2.05, 4.69) is 0 Å². The standard InChI is InChI=1S/C7H13O3/c1-6(2)7(9)10-5-3-4-8/h6H,3-5H2,1-2H3. The van der Waals surface area contributed by atoms with Gasteiger partial charge in [-0.15, -0.1) is 0 Å². The number of carbonyl (C=O) groups is 1. The van der Waals surface area contributed by atoms with Gasteiger partial charge in [0.05, 0.1) is 19.1 Å². The largest absolute Gasteiger partial charge is 0.465 e. The van der Waals surface area contributed by atoms with Gasteiger partial charge < -0.3 is 4.74 Å². The van der Waals surface area contributed by atoms with E-state index in [1.165, 1.54) is 0 Å². The summed E-state index contributed by atoms with van der Waals surface area (Å²) in [6, 6.07) is 0. The second kappa shape index (κ2) is 5.23. The van der Waals surface area contributed by atoms with Crippen molar-refractivity contribution in [2.45, 2.75) is 20.3 Å². The summed E-state index contributed by atoms with van der Waals surface area (Å²) in [5.74, 6) is -0.319. The van der Waals surface area contributed by atoms with Gasteiger partial charge in [0.1, 0.15) is 0 Å². The Hall–Kier alpha value is -0.570. The maximum Gasteiger partial charge on any atom is 0.308 e. The van der Waals surface area contributed by atoms with Gasteiger partial charge in [-0.2, -0.15) is 0 Å². The molecule has 1 radical (unpaired) electrons. The van der Waals surface area contributed by atoms with Gasteiger partial charge in [0.2, 0.25) is 0 Å². The van der Waals surface area contributed by atoms with Gasteiger partial charge in [0.25, 0.3) is 0 Å². The molecule has 0 saturated heterocycles. The zero-order valence-corrected chi connectivity index (χ0v) is 6.42. The normalized spacial score (nSPS) is 10.0. The molecule has 0 spiro atoms. The van der Waals surface area contributed by atoms with Crippen LogP contribution in [0.5, 0.6) is 0 Å². The Labute approximate surface area is 61.0 Å². The monoisotopic (exact) mass is 145 g/mol. The maximum atomic E-state index is 10.7. The lowest BCUT2D eigenvalue weighted by molar-refractivity contribution is -0.147. The van der Waals surface area contributed by atoms with E-state index in [1.54, 1.807) is 13.8 Å². The molecule has 0 aromatic heterocycles. The van der Waals surface area contributed by atoms with Crippen molar-refractivity contribution in [2.24, 2.45) is 5.92 Å². The van der Waals surface area contributed by atoms with E-state index in [0.29, 0.717) is 6.42 Å². The smallest absolute Gasteiger partial charge is 0.308 e. The average Bonchev–Trinajstić information content (AvgIpc) is 1.88. The first-order valence-electron chi connectivity index (χ1n) is 3.43. The molecular weight excluding hydrogens is 132 g/mol. The Kier molecular flexibility index (Phi) is 4.94. The molecule has 0 bridgehead atoms. The van der Waals surface area contributed by atoms with E-state index in [0.717, 1.165) is 0 Å². The Morgan fingerprint density at radius 2 is 2.10 bits per heavy atom. The van der Waals surface area contributed by atoms with Crippen molar-refractivity contribution < 1.29 is 14.6 Å². The lowest BCUT2D eigenvalue weighted by Crippen LogP contribution is -2.12. The Morgan fingerprint density at radius 1 is 1.50 bits per heavy atom. The second-order valence-corrected chi connectivity index (χ2v) is 2.38. The number of carbonyl (C=O) groups excluding carboxylic acids is 1. The summed E-state index contributed by atoms with van der Waals surface area (Å²) < 4.78 is 4.70. The van der Waals surface area contributed by atoms with E-state index in [-0.39, 0.29) is 25.1 Å². The molecule has 10 heavy (non-hydrogen) atoms. The van der Waals surface area contributed by atoms with Gasteiger partial charge in [0.15, 0.2) is 0 Å². The minimum absolute atomic E-state index is 0.0911. The van der Waals surface area contributed by atoms with E-state index in [4.69, 9.17) is 4.74 Å². The maximum absolute atomic E-state index is 10.7. The van der Waals surface area contributed by atoms with E-state index < -0.39 is 0 Å². The van der Waals surface area contributed by atoms with Gasteiger partial charge in [0, 0.05) is 6.42 Å². The molecular formula is C7H13O3. The van der Waals surface area contributed by atoms with Crippen LogP contribution in [0.2, 0.25) is 0 Å². The van der Waals surface area contributed by atoms with Crippen LogP contribution in [0.25, 0.3) is 0 Å². The quantitative estimate of drug-likeness (QED) is 0.437. The molecule has 0 aliphatic carbocycles. The zero-order chi connectivity index (χ0) is 7.98. The molecule has 0 amide bonds. The van der Waals surface area contributed by atoms with E-state index in [9.17, 15) is 9.90 Å². The molecule has 0 atom stereocenters. The molecule has 3 nitrogen and oxygen atoms in total. The summed E-state index contributed by atoms with van der Waals surface area (Å²) >= 11 is 0. The molecule has 0 saturated carbocycles. The van der Waals surface area contributed by atoms with Crippen LogP contribution in [0, 0.1) is 5.92 Å². The van der Waals surface area contributed by atoms with Gasteiger partial charge in [-0.3, -0.25) is 4.79 Å². The van der Waals surface area contributed by atoms with Crippen LogP contribution in [-0.2, 0) is 14.6 Å². The van der Waals surface area contributed by atoms with Crippen molar-refractivity contribution in [1.29, 1.82) is 0 Å². The van der Waals surface area contributed by atoms with E-state index in [1.807, 2.05) is 0 Å². The van der Waals surface area contributed by atoms with Gasteiger partial charge in [-0.1, -0.05) is 13.8 Å². The number of esters is 1. The van der Waals surface area contributed by atoms with Crippen molar-refractivity contribution >= 4 is 5.97 Å². The zero-order valence-electron chi connectivity index (χ0n) is 6.42. The van der Waals surface area contributed by atoms with Crippen LogP contribution in [0.4, 0.5) is 0 Å². The first kappa shape index (κ1) is 9.43. The summed E-state index contributed by atoms with van der Waals surface area (Å²) in [5.41, 5.74) is 0. The molecule has 0 fully saturated rings. The Morgan fingerprint density at radius 3 is 2.50 bits per heavy atom. The highest BCUT2D eigenvalue weighted by atomic mass is 16.5. The van der Waals surface area contributed by atoms with Crippen LogP contribution in [0.1, 0.15) is 20.3 Å². The summed E-state index contributed by atoms with van der Waals surface area (Å²) in [7, 11) is 0. The molecule has 0 aromatic rings. The SMILES string of the molecule is CC(C)C(=O)OCCC[O]. The number of ether oxygens (including phenoxy) is 1. The molecule has 0 rings (SSSR count). The van der Waals surface area contributed by atoms with Crippen molar-refractivity contribution in [1.82, 2.24) is 0 Å². The van der Waals surface area contributed by atoms with Crippen LogP contribution >= 0.6 is 0 Å². The molecule has 0 unspecified atom stereocenters. The average molecular weight is 145 g/mol. The lowest BCUT2D eigenvalue weighted by Gasteiger charge is -2.04. The molecule has 0 aliphatic rings. The third kappa shape index (κ3) is 4.32. The van der Waals surface area contributed by atoms with Crippen molar-refractivity contribution in [3.63, 3.8) is 0 Å². The third-order valence-electron chi connectivity index (χ3n) is 1.00. The third-order valence-corrected chi connectivity index (χ3v) is 1.00. The fourth-order valence-corrected chi connectivity index (χ4v) is 0.398. The fraction of sp³-hybridized carbons (Fsp3) is 0.857. The van der Waals surface area contributed by atoms with Gasteiger partial charge in [-0.25, -0.2) is 5.11 Å². The molecule has 0 aromatic carbocycles. The van der Waals surface area contributed by atoms with E-state index >= 15 is 0 Å². The first-order valence-corrected chi connectivity index (χ1v) is 3.43. The topological polar surface area (TPSA) is 46.2 Å². The summed E-state index contributed by atoms with van der Waals surface area (Å²) in [5, 5.41) is 9.89.